The molecule has 0 saturated heterocycles. The maximum absolute atomic E-state index is 12.6. The smallest absolute Gasteiger partial charge is 0.234 e. The molecule has 1 heterocycles. The summed E-state index contributed by atoms with van der Waals surface area (Å²) >= 11 is 7.40. The lowest BCUT2D eigenvalue weighted by molar-refractivity contribution is -0.113. The number of methoxy groups -OCH3 is 1. The van der Waals surface area contributed by atoms with Gasteiger partial charge in [-0.25, -0.2) is 0 Å². The molecule has 162 valence electrons. The molecule has 0 unspecified atom stereocenters. The molecule has 0 bridgehead atoms. The number of amides is 1. The van der Waals surface area contributed by atoms with Crippen LogP contribution >= 0.6 is 23.4 Å². The van der Waals surface area contributed by atoms with Crippen LogP contribution in [0.25, 0.3) is 17.1 Å². The number of halogens is 1. The van der Waals surface area contributed by atoms with Crippen molar-refractivity contribution in [1.82, 2.24) is 14.8 Å². The van der Waals surface area contributed by atoms with E-state index in [2.05, 4.69) is 15.5 Å². The van der Waals surface area contributed by atoms with Crippen molar-refractivity contribution in [1.29, 1.82) is 0 Å². The average Bonchev–Trinajstić information content (AvgIpc) is 3.23. The number of hydrogen-bond donors (Lipinski definition) is 1. The molecule has 0 fully saturated rings. The number of carbonyl (C=O) groups is 1. The normalized spacial score (nSPS) is 10.7. The van der Waals surface area contributed by atoms with E-state index in [1.807, 2.05) is 84.3 Å². The Bertz CT molecular complexity index is 1240. The Kier molecular flexibility index (Phi) is 6.78. The van der Waals surface area contributed by atoms with E-state index in [4.69, 9.17) is 16.3 Å². The number of para-hydroxylation sites is 2. The molecular formula is C24H21ClN4O2S. The molecule has 0 aliphatic carbocycles. The summed E-state index contributed by atoms with van der Waals surface area (Å²) in [6.45, 7) is 1.96. The van der Waals surface area contributed by atoms with Crippen molar-refractivity contribution in [3.05, 3.63) is 83.4 Å². The zero-order valence-corrected chi connectivity index (χ0v) is 19.2. The third kappa shape index (κ3) is 4.79. The van der Waals surface area contributed by atoms with Crippen LogP contribution in [0.5, 0.6) is 5.75 Å². The highest BCUT2D eigenvalue weighted by Crippen LogP contribution is 2.33. The van der Waals surface area contributed by atoms with E-state index < -0.39 is 0 Å². The second kappa shape index (κ2) is 9.89. The highest BCUT2D eigenvalue weighted by molar-refractivity contribution is 7.99. The minimum Gasteiger partial charge on any atom is -0.496 e. The van der Waals surface area contributed by atoms with Crippen LogP contribution in [0, 0.1) is 6.92 Å². The molecule has 4 aromatic rings. The van der Waals surface area contributed by atoms with Crippen LogP contribution in [0.15, 0.2) is 78.0 Å². The van der Waals surface area contributed by atoms with Gasteiger partial charge in [-0.2, -0.15) is 0 Å². The fourth-order valence-corrected chi connectivity index (χ4v) is 4.10. The lowest BCUT2D eigenvalue weighted by Crippen LogP contribution is -2.15. The quantitative estimate of drug-likeness (QED) is 0.359. The zero-order valence-electron chi connectivity index (χ0n) is 17.6. The van der Waals surface area contributed by atoms with Crippen molar-refractivity contribution in [2.75, 3.05) is 18.2 Å². The van der Waals surface area contributed by atoms with Crippen LogP contribution in [0.1, 0.15) is 5.56 Å². The molecule has 32 heavy (non-hydrogen) atoms. The second-order valence-corrected chi connectivity index (χ2v) is 8.35. The molecule has 1 aromatic heterocycles. The third-order valence-corrected chi connectivity index (χ3v) is 6.00. The highest BCUT2D eigenvalue weighted by Gasteiger charge is 2.20. The first-order chi connectivity index (χ1) is 15.6. The van der Waals surface area contributed by atoms with E-state index in [0.717, 1.165) is 22.5 Å². The Morgan fingerprint density at radius 3 is 2.50 bits per heavy atom. The predicted molar refractivity (Wildman–Crippen MR) is 129 cm³/mol. The molecule has 0 atom stereocenters. The molecule has 0 aliphatic rings. The van der Waals surface area contributed by atoms with Gasteiger partial charge < -0.3 is 10.1 Å². The number of hydrogen-bond acceptors (Lipinski definition) is 5. The minimum absolute atomic E-state index is 0.117. The van der Waals surface area contributed by atoms with Crippen LogP contribution in [-0.2, 0) is 4.79 Å². The fraction of sp³-hybridized carbons (Fsp3) is 0.125. The molecule has 0 saturated carbocycles. The molecule has 0 radical (unpaired) electrons. The Morgan fingerprint density at radius 1 is 1.03 bits per heavy atom. The Hall–Kier alpha value is -3.29. The second-order valence-electron chi connectivity index (χ2n) is 6.97. The molecule has 1 amide bonds. The topological polar surface area (TPSA) is 69.0 Å². The number of nitrogens with one attached hydrogen (secondary N) is 1. The van der Waals surface area contributed by atoms with E-state index in [9.17, 15) is 4.79 Å². The summed E-state index contributed by atoms with van der Waals surface area (Å²) in [7, 11) is 1.62. The fourth-order valence-electron chi connectivity index (χ4n) is 3.22. The van der Waals surface area contributed by atoms with Crippen molar-refractivity contribution in [3.8, 4) is 22.8 Å². The Labute approximate surface area is 195 Å². The van der Waals surface area contributed by atoms with Crippen molar-refractivity contribution in [2.24, 2.45) is 0 Å². The number of anilines is 1. The van der Waals surface area contributed by atoms with Gasteiger partial charge in [0.15, 0.2) is 11.0 Å². The predicted octanol–water partition coefficient (Wildman–Crippen LogP) is 5.64. The van der Waals surface area contributed by atoms with Crippen molar-refractivity contribution < 1.29 is 9.53 Å². The van der Waals surface area contributed by atoms with Gasteiger partial charge in [0.1, 0.15) is 5.75 Å². The largest absolute Gasteiger partial charge is 0.496 e. The summed E-state index contributed by atoms with van der Waals surface area (Å²) in [6, 6.07) is 22.7. The number of carbonyl (C=O) groups excluding carboxylic acids is 1. The van der Waals surface area contributed by atoms with Gasteiger partial charge in [-0.15, -0.1) is 10.2 Å². The van der Waals surface area contributed by atoms with Gasteiger partial charge in [0.05, 0.1) is 18.4 Å². The molecular weight excluding hydrogens is 444 g/mol. The Balaban J connectivity index is 1.65. The summed E-state index contributed by atoms with van der Waals surface area (Å²) in [5.41, 5.74) is 3.44. The lowest BCUT2D eigenvalue weighted by atomic mass is 10.2. The van der Waals surface area contributed by atoms with E-state index in [-0.39, 0.29) is 11.7 Å². The summed E-state index contributed by atoms with van der Waals surface area (Å²) < 4.78 is 7.42. The molecule has 4 rings (SSSR count). The summed E-state index contributed by atoms with van der Waals surface area (Å²) in [4.78, 5) is 12.6. The van der Waals surface area contributed by atoms with E-state index >= 15 is 0 Å². The number of benzene rings is 3. The van der Waals surface area contributed by atoms with E-state index in [0.29, 0.717) is 21.8 Å². The van der Waals surface area contributed by atoms with Crippen molar-refractivity contribution in [3.63, 3.8) is 0 Å². The summed E-state index contributed by atoms with van der Waals surface area (Å²) in [5, 5.41) is 13.0. The number of ether oxygens (including phenoxy) is 1. The van der Waals surface area contributed by atoms with Crippen LogP contribution < -0.4 is 10.1 Å². The van der Waals surface area contributed by atoms with Crippen molar-refractivity contribution >= 4 is 35.0 Å². The van der Waals surface area contributed by atoms with E-state index in [1.165, 1.54) is 11.8 Å². The standard InChI is InChI=1S/C24H21ClN4O2S/c1-16-7-3-5-9-20(16)26-22(30)15-32-24-28-27-23(19-8-4-6-10-21(19)31-2)29(24)18-13-11-17(25)12-14-18/h3-14H,15H2,1-2H3,(H,26,30). The van der Waals surface area contributed by atoms with Gasteiger partial charge in [-0.1, -0.05) is 53.7 Å². The minimum atomic E-state index is -0.117. The maximum Gasteiger partial charge on any atom is 0.234 e. The molecule has 3 aromatic carbocycles. The Morgan fingerprint density at radius 2 is 1.75 bits per heavy atom. The molecule has 0 aliphatic heterocycles. The van der Waals surface area contributed by atoms with Crippen LogP contribution in [0.2, 0.25) is 5.02 Å². The number of aromatic nitrogens is 3. The third-order valence-electron chi connectivity index (χ3n) is 4.82. The summed E-state index contributed by atoms with van der Waals surface area (Å²) in [5.74, 6) is 1.37. The highest BCUT2D eigenvalue weighted by atomic mass is 35.5. The van der Waals surface area contributed by atoms with E-state index in [1.54, 1.807) is 7.11 Å². The van der Waals surface area contributed by atoms with Gasteiger partial charge >= 0.3 is 0 Å². The molecule has 8 heteroatoms. The summed E-state index contributed by atoms with van der Waals surface area (Å²) in [6.07, 6.45) is 0. The SMILES string of the molecule is COc1ccccc1-c1nnc(SCC(=O)Nc2ccccc2C)n1-c1ccc(Cl)cc1. The van der Waals surface area contributed by atoms with Gasteiger partial charge in [0.25, 0.3) is 0 Å². The number of rotatable bonds is 7. The molecule has 6 nitrogen and oxygen atoms in total. The molecule has 0 spiro atoms. The zero-order chi connectivity index (χ0) is 22.5. The number of nitrogens with zero attached hydrogens (tertiary/aromatic N) is 3. The average molecular weight is 465 g/mol. The van der Waals surface area contributed by atoms with Crippen LogP contribution in [-0.4, -0.2) is 33.5 Å². The monoisotopic (exact) mass is 464 g/mol. The first-order valence-corrected chi connectivity index (χ1v) is 11.3. The first kappa shape index (κ1) is 21.9. The first-order valence-electron chi connectivity index (χ1n) is 9.90. The van der Waals surface area contributed by atoms with Gasteiger partial charge in [0, 0.05) is 16.4 Å². The maximum atomic E-state index is 12.6. The van der Waals surface area contributed by atoms with Gasteiger partial charge in [0.2, 0.25) is 5.91 Å². The molecule has 1 N–H and O–H groups in total. The van der Waals surface area contributed by atoms with Gasteiger partial charge in [-0.3, -0.25) is 9.36 Å². The lowest BCUT2D eigenvalue weighted by Gasteiger charge is -2.13. The van der Waals surface area contributed by atoms with Crippen LogP contribution in [0.3, 0.4) is 0 Å². The van der Waals surface area contributed by atoms with Crippen LogP contribution in [0.4, 0.5) is 5.69 Å². The van der Waals surface area contributed by atoms with Crippen molar-refractivity contribution in [2.45, 2.75) is 12.1 Å². The van der Waals surface area contributed by atoms with Gasteiger partial charge in [-0.05, 0) is 55.0 Å². The number of thioether (sulfide) groups is 1. The number of aryl methyl sites for hydroxylation is 1.